The van der Waals surface area contributed by atoms with Gasteiger partial charge in [0.25, 0.3) is 0 Å². The summed E-state index contributed by atoms with van der Waals surface area (Å²) in [6.45, 7) is 5.90. The number of ether oxygens (including phenoxy) is 2. The zero-order chi connectivity index (χ0) is 15.3. The SMILES string of the molecule is COCN(C(=O)C(Cl)C(C)(C)C)c1ccccc1OC. The molecule has 0 aromatic heterocycles. The molecule has 4 nitrogen and oxygen atoms in total. The Bertz CT molecular complexity index is 457. The zero-order valence-electron chi connectivity index (χ0n) is 12.6. The van der Waals surface area contributed by atoms with Gasteiger partial charge >= 0.3 is 0 Å². The van der Waals surface area contributed by atoms with Gasteiger partial charge in [0.1, 0.15) is 17.9 Å². The maximum absolute atomic E-state index is 12.6. The summed E-state index contributed by atoms with van der Waals surface area (Å²) in [6, 6.07) is 7.29. The van der Waals surface area contributed by atoms with E-state index >= 15 is 0 Å². The fourth-order valence-electron chi connectivity index (χ4n) is 1.74. The lowest BCUT2D eigenvalue weighted by atomic mass is 9.91. The maximum Gasteiger partial charge on any atom is 0.247 e. The number of para-hydroxylation sites is 2. The van der Waals surface area contributed by atoms with E-state index in [2.05, 4.69) is 0 Å². The number of hydrogen-bond donors (Lipinski definition) is 0. The molecule has 112 valence electrons. The van der Waals surface area contributed by atoms with E-state index in [0.29, 0.717) is 11.4 Å². The molecule has 0 saturated heterocycles. The van der Waals surface area contributed by atoms with Crippen LogP contribution in [0, 0.1) is 5.41 Å². The highest BCUT2D eigenvalue weighted by molar-refractivity contribution is 6.33. The van der Waals surface area contributed by atoms with Gasteiger partial charge in [0.15, 0.2) is 0 Å². The molecule has 0 saturated carbocycles. The number of nitrogens with zero attached hydrogens (tertiary/aromatic N) is 1. The van der Waals surface area contributed by atoms with E-state index in [1.807, 2.05) is 39.0 Å². The number of alkyl halides is 1. The molecule has 1 aromatic rings. The topological polar surface area (TPSA) is 38.8 Å². The molecule has 0 aliphatic heterocycles. The standard InChI is InChI=1S/C15H22ClNO3/c1-15(2,3)13(16)14(18)17(10-19-4)11-8-6-7-9-12(11)20-5/h6-9,13H,10H2,1-5H3. The van der Waals surface area contributed by atoms with Crippen molar-refractivity contribution in [3.8, 4) is 5.75 Å². The minimum Gasteiger partial charge on any atom is -0.495 e. The zero-order valence-corrected chi connectivity index (χ0v) is 13.4. The summed E-state index contributed by atoms with van der Waals surface area (Å²) in [5, 5.41) is -0.650. The third kappa shape index (κ3) is 3.87. The molecule has 20 heavy (non-hydrogen) atoms. The van der Waals surface area contributed by atoms with Crippen LogP contribution in [0.15, 0.2) is 24.3 Å². The number of benzene rings is 1. The Hall–Kier alpha value is -1.26. The van der Waals surface area contributed by atoms with Gasteiger partial charge in [-0.3, -0.25) is 9.69 Å². The largest absolute Gasteiger partial charge is 0.495 e. The minimum absolute atomic E-state index is 0.124. The highest BCUT2D eigenvalue weighted by atomic mass is 35.5. The third-order valence-electron chi connectivity index (χ3n) is 2.88. The van der Waals surface area contributed by atoms with E-state index in [1.165, 1.54) is 12.0 Å². The van der Waals surface area contributed by atoms with E-state index in [9.17, 15) is 4.79 Å². The summed E-state index contributed by atoms with van der Waals surface area (Å²) in [5.74, 6) is 0.404. The fourth-order valence-corrected chi connectivity index (χ4v) is 1.86. The van der Waals surface area contributed by atoms with E-state index in [1.54, 1.807) is 13.2 Å². The summed E-state index contributed by atoms with van der Waals surface area (Å²) in [4.78, 5) is 14.1. The molecule has 1 amide bonds. The Morgan fingerprint density at radius 3 is 2.40 bits per heavy atom. The lowest BCUT2D eigenvalue weighted by molar-refractivity contribution is -0.120. The second-order valence-electron chi connectivity index (χ2n) is 5.58. The van der Waals surface area contributed by atoms with Gasteiger partial charge in [0.2, 0.25) is 5.91 Å². The van der Waals surface area contributed by atoms with Crippen LogP contribution in [0.3, 0.4) is 0 Å². The predicted octanol–water partition coefficient (Wildman–Crippen LogP) is 3.29. The molecule has 1 unspecified atom stereocenters. The number of anilines is 1. The molecule has 0 radical (unpaired) electrons. The molecule has 0 aliphatic rings. The Morgan fingerprint density at radius 1 is 1.30 bits per heavy atom. The second kappa shape index (κ2) is 6.95. The van der Waals surface area contributed by atoms with Gasteiger partial charge < -0.3 is 9.47 Å². The van der Waals surface area contributed by atoms with Gasteiger partial charge in [-0.1, -0.05) is 32.9 Å². The van der Waals surface area contributed by atoms with Gasteiger partial charge in [-0.25, -0.2) is 0 Å². The van der Waals surface area contributed by atoms with E-state index in [-0.39, 0.29) is 18.1 Å². The third-order valence-corrected chi connectivity index (χ3v) is 3.72. The van der Waals surface area contributed by atoms with Crippen molar-refractivity contribution in [1.82, 2.24) is 0 Å². The van der Waals surface area contributed by atoms with Crippen LogP contribution in [0.5, 0.6) is 5.75 Å². The first kappa shape index (κ1) is 16.8. The van der Waals surface area contributed by atoms with Gasteiger partial charge in [-0.15, -0.1) is 11.6 Å². The highest BCUT2D eigenvalue weighted by Crippen LogP contribution is 2.32. The van der Waals surface area contributed by atoms with Crippen molar-refractivity contribution in [2.24, 2.45) is 5.41 Å². The number of carbonyl (C=O) groups excluding carboxylic acids is 1. The average Bonchev–Trinajstić information content (AvgIpc) is 2.42. The summed E-state index contributed by atoms with van der Waals surface area (Å²) < 4.78 is 10.4. The Morgan fingerprint density at radius 2 is 1.90 bits per heavy atom. The van der Waals surface area contributed by atoms with Crippen molar-refractivity contribution >= 4 is 23.2 Å². The Balaban J connectivity index is 3.14. The van der Waals surface area contributed by atoms with Crippen molar-refractivity contribution in [2.75, 3.05) is 25.9 Å². The molecular weight excluding hydrogens is 278 g/mol. The Kier molecular flexibility index (Phi) is 5.84. The number of amides is 1. The summed E-state index contributed by atoms with van der Waals surface area (Å²) >= 11 is 6.30. The van der Waals surface area contributed by atoms with Crippen molar-refractivity contribution in [3.05, 3.63) is 24.3 Å². The molecule has 0 bridgehead atoms. The van der Waals surface area contributed by atoms with Crippen LogP contribution in [-0.2, 0) is 9.53 Å². The average molecular weight is 300 g/mol. The first-order valence-corrected chi connectivity index (χ1v) is 6.84. The van der Waals surface area contributed by atoms with Crippen molar-refractivity contribution in [1.29, 1.82) is 0 Å². The monoisotopic (exact) mass is 299 g/mol. The van der Waals surface area contributed by atoms with Crippen LogP contribution in [0.1, 0.15) is 20.8 Å². The van der Waals surface area contributed by atoms with Crippen molar-refractivity contribution in [2.45, 2.75) is 26.1 Å². The fraction of sp³-hybridized carbons (Fsp3) is 0.533. The number of rotatable bonds is 5. The maximum atomic E-state index is 12.6. The van der Waals surface area contributed by atoms with E-state index in [0.717, 1.165) is 0 Å². The molecular formula is C15H22ClNO3. The molecule has 0 aliphatic carbocycles. The smallest absolute Gasteiger partial charge is 0.247 e. The van der Waals surface area contributed by atoms with Crippen LogP contribution in [0.4, 0.5) is 5.69 Å². The lowest BCUT2D eigenvalue weighted by Gasteiger charge is -2.31. The molecule has 5 heteroatoms. The number of hydrogen-bond acceptors (Lipinski definition) is 3. The normalized spacial score (nSPS) is 12.9. The quantitative estimate of drug-likeness (QED) is 0.618. The van der Waals surface area contributed by atoms with E-state index in [4.69, 9.17) is 21.1 Å². The van der Waals surface area contributed by atoms with Crippen LogP contribution in [-0.4, -0.2) is 32.2 Å². The van der Waals surface area contributed by atoms with Crippen LogP contribution < -0.4 is 9.64 Å². The molecule has 1 rings (SSSR count). The molecule has 0 spiro atoms. The van der Waals surface area contributed by atoms with Crippen LogP contribution in [0.25, 0.3) is 0 Å². The number of methoxy groups -OCH3 is 2. The Labute approximate surface area is 125 Å². The number of carbonyl (C=O) groups is 1. The van der Waals surface area contributed by atoms with Crippen LogP contribution >= 0.6 is 11.6 Å². The van der Waals surface area contributed by atoms with Crippen molar-refractivity contribution in [3.63, 3.8) is 0 Å². The van der Waals surface area contributed by atoms with Gasteiger partial charge in [0.05, 0.1) is 12.8 Å². The summed E-state index contributed by atoms with van der Waals surface area (Å²) in [7, 11) is 3.10. The van der Waals surface area contributed by atoms with Crippen molar-refractivity contribution < 1.29 is 14.3 Å². The summed E-state index contributed by atoms with van der Waals surface area (Å²) in [5.41, 5.74) is 0.309. The lowest BCUT2D eigenvalue weighted by Crippen LogP contribution is -2.43. The van der Waals surface area contributed by atoms with Gasteiger partial charge in [0, 0.05) is 7.11 Å². The minimum atomic E-state index is -0.650. The first-order valence-electron chi connectivity index (χ1n) is 6.40. The molecule has 0 fully saturated rings. The summed E-state index contributed by atoms with van der Waals surface area (Å²) in [6.07, 6.45) is 0. The second-order valence-corrected chi connectivity index (χ2v) is 6.02. The van der Waals surface area contributed by atoms with Crippen LogP contribution in [0.2, 0.25) is 0 Å². The molecule has 1 atom stereocenters. The molecule has 0 N–H and O–H groups in total. The predicted molar refractivity (Wildman–Crippen MR) is 81.5 cm³/mol. The first-order chi connectivity index (χ1) is 9.32. The van der Waals surface area contributed by atoms with E-state index < -0.39 is 5.38 Å². The number of halogens is 1. The van der Waals surface area contributed by atoms with Gasteiger partial charge in [-0.2, -0.15) is 0 Å². The highest BCUT2D eigenvalue weighted by Gasteiger charge is 2.34. The van der Waals surface area contributed by atoms with Gasteiger partial charge in [-0.05, 0) is 17.5 Å². The molecule has 0 heterocycles. The molecule has 1 aromatic carbocycles.